The number of rotatable bonds is 6. The number of hydrogen-bond donors (Lipinski definition) is 2. The van der Waals surface area contributed by atoms with Crippen LogP contribution in [-0.2, 0) is 0 Å². The van der Waals surface area contributed by atoms with Gasteiger partial charge in [-0.25, -0.2) is 0 Å². The van der Waals surface area contributed by atoms with E-state index in [2.05, 4.69) is 42.9 Å². The molecule has 1 aliphatic heterocycles. The fraction of sp³-hybridized carbons (Fsp3) is 0.650. The molecule has 1 aromatic rings. The maximum absolute atomic E-state index is 6.14. The van der Waals surface area contributed by atoms with E-state index in [1.807, 2.05) is 18.2 Å². The maximum Gasteiger partial charge on any atom is 0.193 e. The summed E-state index contributed by atoms with van der Waals surface area (Å²) in [7, 11) is 3.26. The Morgan fingerprint density at radius 1 is 1.23 bits per heavy atom. The summed E-state index contributed by atoms with van der Waals surface area (Å²) >= 11 is 0. The predicted octanol–water partition coefficient (Wildman–Crippen LogP) is 3.19. The summed E-state index contributed by atoms with van der Waals surface area (Å²) in [5, 5.41) is 3.13. The Bertz CT molecular complexity index is 620. The van der Waals surface area contributed by atoms with Gasteiger partial charge in [-0.05, 0) is 44.2 Å². The molecule has 0 saturated carbocycles. The van der Waals surface area contributed by atoms with E-state index in [9.17, 15) is 0 Å². The van der Waals surface area contributed by atoms with Crippen molar-refractivity contribution in [3.63, 3.8) is 0 Å². The average Bonchev–Trinajstić information content (AvgIpc) is 2.59. The van der Waals surface area contributed by atoms with Crippen molar-refractivity contribution in [2.75, 3.05) is 39.2 Å². The highest BCUT2D eigenvalue weighted by molar-refractivity contribution is 5.94. The Balaban J connectivity index is 2.05. The van der Waals surface area contributed by atoms with Gasteiger partial charge in [0, 0.05) is 24.7 Å². The van der Waals surface area contributed by atoms with Crippen LogP contribution in [0, 0.1) is 11.8 Å². The van der Waals surface area contributed by atoms with E-state index in [1.165, 1.54) is 6.42 Å². The van der Waals surface area contributed by atoms with Gasteiger partial charge in [-0.2, -0.15) is 0 Å². The Kier molecular flexibility index (Phi) is 6.75. The molecule has 1 aliphatic rings. The second-order valence-electron chi connectivity index (χ2n) is 8.06. The third-order valence-electron chi connectivity index (χ3n) is 5.03. The Labute approximate surface area is 157 Å². The van der Waals surface area contributed by atoms with Crippen LogP contribution in [0.1, 0.15) is 34.1 Å². The van der Waals surface area contributed by atoms with Crippen molar-refractivity contribution in [3.8, 4) is 11.5 Å². The molecule has 1 fully saturated rings. The van der Waals surface area contributed by atoms with Crippen LogP contribution in [0.5, 0.6) is 11.5 Å². The van der Waals surface area contributed by atoms with Gasteiger partial charge in [0.05, 0.1) is 26.5 Å². The van der Waals surface area contributed by atoms with Crippen molar-refractivity contribution in [2.45, 2.75) is 39.7 Å². The Morgan fingerprint density at radius 3 is 2.46 bits per heavy atom. The number of aliphatic imine (C=N–C) groups is 1. The zero-order valence-corrected chi connectivity index (χ0v) is 17.0. The van der Waals surface area contributed by atoms with Crippen molar-refractivity contribution in [2.24, 2.45) is 22.6 Å². The fourth-order valence-corrected chi connectivity index (χ4v) is 3.63. The minimum absolute atomic E-state index is 0.0340. The van der Waals surface area contributed by atoms with Crippen LogP contribution in [0.25, 0.3) is 0 Å². The molecule has 1 saturated heterocycles. The van der Waals surface area contributed by atoms with E-state index < -0.39 is 0 Å². The lowest BCUT2D eigenvalue weighted by molar-refractivity contribution is 0.0513. The van der Waals surface area contributed by atoms with Crippen molar-refractivity contribution in [3.05, 3.63) is 18.2 Å². The smallest absolute Gasteiger partial charge is 0.193 e. The van der Waals surface area contributed by atoms with Gasteiger partial charge < -0.3 is 20.5 Å². The van der Waals surface area contributed by atoms with E-state index in [-0.39, 0.29) is 5.54 Å². The van der Waals surface area contributed by atoms with E-state index >= 15 is 0 Å². The SMILES string of the molecule is COc1ccc(OC)c(NC(N)=NCC(C)(C)N2CC(C)CC(C)C2)c1. The third-order valence-corrected chi connectivity index (χ3v) is 5.03. The second-order valence-corrected chi connectivity index (χ2v) is 8.06. The zero-order valence-electron chi connectivity index (χ0n) is 17.0. The molecule has 1 heterocycles. The lowest BCUT2D eigenvalue weighted by Gasteiger charge is -2.44. The molecule has 0 spiro atoms. The highest BCUT2D eigenvalue weighted by Gasteiger charge is 2.32. The molecule has 0 aromatic heterocycles. The molecule has 0 bridgehead atoms. The number of nitrogens with two attached hydrogens (primary N) is 1. The number of benzene rings is 1. The van der Waals surface area contributed by atoms with E-state index in [4.69, 9.17) is 15.2 Å². The summed E-state index contributed by atoms with van der Waals surface area (Å²) < 4.78 is 10.6. The predicted molar refractivity (Wildman–Crippen MR) is 108 cm³/mol. The van der Waals surface area contributed by atoms with Gasteiger partial charge in [0.1, 0.15) is 11.5 Å². The number of nitrogens with one attached hydrogen (secondary N) is 1. The minimum Gasteiger partial charge on any atom is -0.497 e. The topological polar surface area (TPSA) is 72.1 Å². The first-order valence-electron chi connectivity index (χ1n) is 9.29. The summed E-state index contributed by atoms with van der Waals surface area (Å²) in [5.41, 5.74) is 6.84. The largest absolute Gasteiger partial charge is 0.497 e. The zero-order chi connectivity index (χ0) is 19.3. The average molecular weight is 363 g/mol. The van der Waals surface area contributed by atoms with E-state index in [0.717, 1.165) is 36.4 Å². The van der Waals surface area contributed by atoms with Gasteiger partial charge in [0.25, 0.3) is 0 Å². The number of nitrogens with zero attached hydrogens (tertiary/aromatic N) is 2. The highest BCUT2D eigenvalue weighted by Crippen LogP contribution is 2.29. The van der Waals surface area contributed by atoms with E-state index in [0.29, 0.717) is 18.3 Å². The Morgan fingerprint density at radius 2 is 1.88 bits per heavy atom. The summed E-state index contributed by atoms with van der Waals surface area (Å²) in [4.78, 5) is 7.13. The number of ether oxygens (including phenoxy) is 2. The first-order valence-corrected chi connectivity index (χ1v) is 9.29. The maximum atomic E-state index is 6.14. The minimum atomic E-state index is -0.0340. The highest BCUT2D eigenvalue weighted by atomic mass is 16.5. The monoisotopic (exact) mass is 362 g/mol. The number of likely N-dealkylation sites (tertiary alicyclic amines) is 1. The molecule has 6 nitrogen and oxygen atoms in total. The molecular weight excluding hydrogens is 328 g/mol. The van der Waals surface area contributed by atoms with Gasteiger partial charge in [0.15, 0.2) is 5.96 Å². The molecule has 1 aromatic carbocycles. The van der Waals surface area contributed by atoms with Crippen molar-refractivity contribution in [1.29, 1.82) is 0 Å². The molecule has 0 radical (unpaired) electrons. The van der Waals surface area contributed by atoms with Crippen LogP contribution in [0.4, 0.5) is 5.69 Å². The van der Waals surface area contributed by atoms with Gasteiger partial charge >= 0.3 is 0 Å². The van der Waals surface area contributed by atoms with Gasteiger partial charge in [-0.3, -0.25) is 9.89 Å². The van der Waals surface area contributed by atoms with Crippen molar-refractivity contribution in [1.82, 2.24) is 4.90 Å². The summed E-state index contributed by atoms with van der Waals surface area (Å²) in [6.07, 6.45) is 1.30. The molecule has 0 amide bonds. The normalized spacial score (nSPS) is 22.2. The lowest BCUT2D eigenvalue weighted by Crippen LogP contribution is -2.52. The van der Waals surface area contributed by atoms with Crippen molar-refractivity contribution >= 4 is 11.6 Å². The van der Waals surface area contributed by atoms with Crippen LogP contribution in [-0.4, -0.2) is 50.3 Å². The lowest BCUT2D eigenvalue weighted by atomic mass is 9.88. The number of piperidine rings is 1. The molecule has 6 heteroatoms. The van der Waals surface area contributed by atoms with Gasteiger partial charge in [-0.15, -0.1) is 0 Å². The van der Waals surface area contributed by atoms with Crippen LogP contribution in [0.2, 0.25) is 0 Å². The fourth-order valence-electron chi connectivity index (χ4n) is 3.63. The van der Waals surface area contributed by atoms with Gasteiger partial charge in [0.2, 0.25) is 0 Å². The molecule has 3 N–H and O–H groups in total. The number of methoxy groups -OCH3 is 2. The summed E-state index contributed by atoms with van der Waals surface area (Å²) in [5.74, 6) is 3.25. The molecule has 146 valence electrons. The number of anilines is 1. The Hall–Kier alpha value is -1.95. The molecule has 26 heavy (non-hydrogen) atoms. The van der Waals surface area contributed by atoms with Crippen LogP contribution in [0.15, 0.2) is 23.2 Å². The van der Waals surface area contributed by atoms with Crippen molar-refractivity contribution < 1.29 is 9.47 Å². The summed E-state index contributed by atoms with van der Waals surface area (Å²) in [6, 6.07) is 5.54. The first-order chi connectivity index (χ1) is 12.2. The molecule has 2 unspecified atom stereocenters. The third kappa shape index (κ3) is 5.27. The molecular formula is C20H34N4O2. The summed E-state index contributed by atoms with van der Waals surface area (Å²) in [6.45, 7) is 12.0. The first kappa shape index (κ1) is 20.4. The molecule has 2 rings (SSSR count). The van der Waals surface area contributed by atoms with Crippen LogP contribution in [0.3, 0.4) is 0 Å². The number of guanidine groups is 1. The second kappa shape index (κ2) is 8.62. The van der Waals surface area contributed by atoms with Crippen LogP contribution >= 0.6 is 0 Å². The quantitative estimate of drug-likeness (QED) is 0.601. The van der Waals surface area contributed by atoms with Crippen LogP contribution < -0.4 is 20.5 Å². The molecule has 0 aliphatic carbocycles. The molecule has 2 atom stereocenters. The van der Waals surface area contributed by atoms with E-state index in [1.54, 1.807) is 14.2 Å². The van der Waals surface area contributed by atoms with Gasteiger partial charge in [-0.1, -0.05) is 13.8 Å². The standard InChI is InChI=1S/C20H34N4O2/c1-14-9-15(2)12-24(11-14)20(3,4)13-22-19(21)23-17-10-16(25-5)7-8-18(17)26-6/h7-8,10,14-15H,9,11-13H2,1-6H3,(H3,21,22,23). The number of hydrogen-bond acceptors (Lipinski definition) is 4.